The molecule has 1 heterocycles. The average molecular weight is 278 g/mol. The Hall–Kier alpha value is -1.92. The fourth-order valence-electron chi connectivity index (χ4n) is 1.96. The molecule has 0 saturated carbocycles. The molecule has 0 aliphatic carbocycles. The summed E-state index contributed by atoms with van der Waals surface area (Å²) in [6.07, 6.45) is -0.606. The van der Waals surface area contributed by atoms with Crippen molar-refractivity contribution in [2.24, 2.45) is 0 Å². The number of imide groups is 1. The predicted octanol–water partition coefficient (Wildman–Crippen LogP) is -0.227. The van der Waals surface area contributed by atoms with E-state index in [0.717, 1.165) is 4.90 Å². The summed E-state index contributed by atoms with van der Waals surface area (Å²) in [4.78, 5) is 24.1. The van der Waals surface area contributed by atoms with Gasteiger partial charge in [0, 0.05) is 13.6 Å². The fourth-order valence-corrected chi connectivity index (χ4v) is 1.96. The van der Waals surface area contributed by atoms with Crippen LogP contribution >= 0.6 is 0 Å². The summed E-state index contributed by atoms with van der Waals surface area (Å²) in [6.45, 7) is 0.325. The summed E-state index contributed by atoms with van der Waals surface area (Å²) in [7, 11) is 1.46. The molecule has 2 unspecified atom stereocenters. The Balaban J connectivity index is 1.72. The van der Waals surface area contributed by atoms with Crippen LogP contribution in [0.2, 0.25) is 0 Å². The van der Waals surface area contributed by atoms with Crippen molar-refractivity contribution in [3.8, 4) is 5.75 Å². The second-order valence-electron chi connectivity index (χ2n) is 4.73. The molecule has 2 amide bonds. The van der Waals surface area contributed by atoms with Crippen LogP contribution in [0.4, 0.5) is 0 Å². The third kappa shape index (κ3) is 3.55. The van der Waals surface area contributed by atoms with Crippen LogP contribution in [-0.4, -0.2) is 54.2 Å². The molecule has 0 bridgehead atoms. The van der Waals surface area contributed by atoms with Gasteiger partial charge in [-0.15, -0.1) is 0 Å². The summed E-state index contributed by atoms with van der Waals surface area (Å²) >= 11 is 0. The maximum absolute atomic E-state index is 11.6. The number of nitrogens with one attached hydrogen (secondary N) is 1. The summed E-state index contributed by atoms with van der Waals surface area (Å²) in [5.41, 5.74) is 0. The highest BCUT2D eigenvalue weighted by Crippen LogP contribution is 2.11. The number of rotatable bonds is 6. The number of benzene rings is 1. The number of aliphatic hydroxyl groups excluding tert-OH is 1. The van der Waals surface area contributed by atoms with Crippen LogP contribution in [0.5, 0.6) is 5.75 Å². The Bertz CT molecular complexity index is 477. The maximum Gasteiger partial charge on any atom is 0.246 e. The summed E-state index contributed by atoms with van der Waals surface area (Å²) in [5, 5.41) is 12.7. The van der Waals surface area contributed by atoms with E-state index in [-0.39, 0.29) is 31.4 Å². The maximum atomic E-state index is 11.6. The van der Waals surface area contributed by atoms with E-state index in [4.69, 9.17) is 4.74 Å². The van der Waals surface area contributed by atoms with Crippen LogP contribution in [0, 0.1) is 0 Å². The van der Waals surface area contributed by atoms with Gasteiger partial charge in [0.25, 0.3) is 0 Å². The van der Waals surface area contributed by atoms with Crippen LogP contribution in [-0.2, 0) is 9.59 Å². The number of para-hydroxylation sites is 1. The number of aliphatic hydroxyl groups is 1. The summed E-state index contributed by atoms with van der Waals surface area (Å²) in [6, 6.07) is 8.63. The molecule has 2 N–H and O–H groups in total. The number of hydrogen-bond donors (Lipinski definition) is 2. The normalized spacial score (nSPS) is 20.3. The molecule has 1 fully saturated rings. The van der Waals surface area contributed by atoms with E-state index >= 15 is 0 Å². The van der Waals surface area contributed by atoms with E-state index in [1.165, 1.54) is 7.05 Å². The molecule has 0 radical (unpaired) electrons. The summed E-state index contributed by atoms with van der Waals surface area (Å²) < 4.78 is 5.40. The average Bonchev–Trinajstić information content (AvgIpc) is 2.71. The topological polar surface area (TPSA) is 78.9 Å². The van der Waals surface area contributed by atoms with Crippen molar-refractivity contribution in [2.45, 2.75) is 18.6 Å². The van der Waals surface area contributed by atoms with Gasteiger partial charge >= 0.3 is 0 Å². The second kappa shape index (κ2) is 6.49. The molecule has 1 aromatic carbocycles. The van der Waals surface area contributed by atoms with Crippen LogP contribution in [0.15, 0.2) is 30.3 Å². The van der Waals surface area contributed by atoms with Gasteiger partial charge < -0.3 is 15.2 Å². The Morgan fingerprint density at radius 1 is 1.40 bits per heavy atom. The standard InChI is InChI=1S/C14H18N2O4/c1-16-13(18)7-12(14(16)19)15-8-10(17)9-20-11-5-3-2-4-6-11/h2-6,10,12,15,17H,7-9H2,1H3. The predicted molar refractivity (Wildman–Crippen MR) is 72.1 cm³/mol. The van der Waals surface area contributed by atoms with Crippen LogP contribution in [0.1, 0.15) is 6.42 Å². The van der Waals surface area contributed by atoms with Crippen molar-refractivity contribution < 1.29 is 19.4 Å². The molecular weight excluding hydrogens is 260 g/mol. The number of ether oxygens (including phenoxy) is 1. The molecule has 6 nitrogen and oxygen atoms in total. The van der Waals surface area contributed by atoms with Gasteiger partial charge in [-0.2, -0.15) is 0 Å². The molecule has 0 aromatic heterocycles. The first kappa shape index (κ1) is 14.5. The van der Waals surface area contributed by atoms with Crippen molar-refractivity contribution >= 4 is 11.8 Å². The van der Waals surface area contributed by atoms with Gasteiger partial charge in [-0.1, -0.05) is 18.2 Å². The van der Waals surface area contributed by atoms with E-state index in [1.54, 1.807) is 12.1 Å². The molecule has 6 heteroatoms. The molecule has 0 spiro atoms. The lowest BCUT2D eigenvalue weighted by Gasteiger charge is -2.15. The van der Waals surface area contributed by atoms with Crippen molar-refractivity contribution in [2.75, 3.05) is 20.2 Å². The van der Waals surface area contributed by atoms with Crippen LogP contribution < -0.4 is 10.1 Å². The number of carbonyl (C=O) groups excluding carboxylic acids is 2. The third-order valence-corrected chi connectivity index (χ3v) is 3.17. The van der Waals surface area contributed by atoms with Gasteiger partial charge in [-0.25, -0.2) is 0 Å². The molecule has 2 rings (SSSR count). The van der Waals surface area contributed by atoms with E-state index in [2.05, 4.69) is 5.32 Å². The minimum absolute atomic E-state index is 0.127. The fraction of sp³-hybridized carbons (Fsp3) is 0.429. The van der Waals surface area contributed by atoms with Crippen molar-refractivity contribution in [3.05, 3.63) is 30.3 Å². The van der Waals surface area contributed by atoms with Crippen LogP contribution in [0.3, 0.4) is 0 Å². The van der Waals surface area contributed by atoms with E-state index in [0.29, 0.717) is 5.75 Å². The zero-order chi connectivity index (χ0) is 14.5. The molecule has 1 aliphatic heterocycles. The Morgan fingerprint density at radius 3 is 2.70 bits per heavy atom. The lowest BCUT2D eigenvalue weighted by atomic mass is 10.2. The minimum atomic E-state index is -0.746. The highest BCUT2D eigenvalue weighted by atomic mass is 16.5. The molecule has 108 valence electrons. The van der Waals surface area contributed by atoms with E-state index < -0.39 is 12.1 Å². The van der Waals surface area contributed by atoms with Crippen LogP contribution in [0.25, 0.3) is 0 Å². The highest BCUT2D eigenvalue weighted by Gasteiger charge is 2.35. The monoisotopic (exact) mass is 278 g/mol. The second-order valence-corrected chi connectivity index (χ2v) is 4.73. The van der Waals surface area contributed by atoms with Gasteiger partial charge in [-0.05, 0) is 12.1 Å². The van der Waals surface area contributed by atoms with Gasteiger partial charge in [0.15, 0.2) is 0 Å². The number of likely N-dealkylation sites (N-methyl/N-ethyl adjacent to an activating group) is 1. The van der Waals surface area contributed by atoms with Gasteiger partial charge in [-0.3, -0.25) is 14.5 Å². The highest BCUT2D eigenvalue weighted by molar-refractivity contribution is 6.05. The number of hydrogen-bond acceptors (Lipinski definition) is 5. The smallest absolute Gasteiger partial charge is 0.246 e. The molecule has 1 saturated heterocycles. The largest absolute Gasteiger partial charge is 0.491 e. The Kier molecular flexibility index (Phi) is 4.70. The molecule has 1 aliphatic rings. The first-order valence-electron chi connectivity index (χ1n) is 6.47. The molecular formula is C14H18N2O4. The number of amides is 2. The SMILES string of the molecule is CN1C(=O)CC(NCC(O)COc2ccccc2)C1=O. The molecule has 1 aromatic rings. The number of likely N-dealkylation sites (tertiary alicyclic amines) is 1. The third-order valence-electron chi connectivity index (χ3n) is 3.17. The number of carbonyl (C=O) groups is 2. The first-order valence-corrected chi connectivity index (χ1v) is 6.47. The van der Waals surface area contributed by atoms with Gasteiger partial charge in [0.2, 0.25) is 11.8 Å². The zero-order valence-corrected chi connectivity index (χ0v) is 11.3. The number of nitrogens with zero attached hydrogens (tertiary/aromatic N) is 1. The van der Waals surface area contributed by atoms with Crippen molar-refractivity contribution in [1.82, 2.24) is 10.2 Å². The van der Waals surface area contributed by atoms with Crippen molar-refractivity contribution in [3.63, 3.8) is 0 Å². The Morgan fingerprint density at radius 2 is 2.10 bits per heavy atom. The van der Waals surface area contributed by atoms with Crippen molar-refractivity contribution in [1.29, 1.82) is 0 Å². The first-order chi connectivity index (χ1) is 9.58. The van der Waals surface area contributed by atoms with Gasteiger partial charge in [0.1, 0.15) is 18.5 Å². The Labute approximate surface area is 117 Å². The van der Waals surface area contributed by atoms with E-state index in [1.807, 2.05) is 18.2 Å². The van der Waals surface area contributed by atoms with E-state index in [9.17, 15) is 14.7 Å². The lowest BCUT2D eigenvalue weighted by molar-refractivity contribution is -0.137. The molecule has 2 atom stereocenters. The van der Waals surface area contributed by atoms with Gasteiger partial charge in [0.05, 0.1) is 12.5 Å². The summed E-state index contributed by atoms with van der Waals surface area (Å²) in [5.74, 6) is 0.215. The quantitative estimate of drug-likeness (QED) is 0.703. The zero-order valence-electron chi connectivity index (χ0n) is 11.3. The lowest BCUT2D eigenvalue weighted by Crippen LogP contribution is -2.42. The minimum Gasteiger partial charge on any atom is -0.491 e. The molecule has 20 heavy (non-hydrogen) atoms.